The Kier molecular flexibility index (Phi) is 14.9. The first-order valence-corrected chi connectivity index (χ1v) is 5.41. The molecule has 0 heterocycles. The van der Waals surface area contributed by atoms with E-state index in [1.807, 2.05) is 0 Å². The largest absolute Gasteiger partial charge is 0.852 e. The first-order chi connectivity index (χ1) is 4.15. The van der Waals surface area contributed by atoms with Gasteiger partial charge in [-0.2, -0.15) is 0 Å². The fraction of sp³-hybridized carbons (Fsp3) is 0.800. The normalized spacial score (nSPS) is 7.44. The van der Waals surface area contributed by atoms with Crippen LogP contribution in [0.4, 0.5) is 0 Å². The molecule has 0 aromatic rings. The average molecular weight is 199 g/mol. The van der Waals surface area contributed by atoms with Gasteiger partial charge in [0, 0.05) is 5.17 Å². The molecule has 0 bridgehead atoms. The SMILES string of the molecule is CCC[CH2][Zn+].NC([O-])=S. The summed E-state index contributed by atoms with van der Waals surface area (Å²) in [6.07, 6.45) is 2.82. The Morgan fingerprint density at radius 2 is 2.11 bits per heavy atom. The molecule has 0 unspecified atom stereocenters. The van der Waals surface area contributed by atoms with E-state index in [0.29, 0.717) is 0 Å². The van der Waals surface area contributed by atoms with Gasteiger partial charge in [0.25, 0.3) is 0 Å². The minimum absolute atomic E-state index is 0.750. The molecule has 2 nitrogen and oxygen atoms in total. The number of nitrogens with two attached hydrogens (primary N) is 1. The van der Waals surface area contributed by atoms with Crippen LogP contribution in [-0.2, 0) is 18.3 Å². The van der Waals surface area contributed by atoms with Gasteiger partial charge in [0.15, 0.2) is 0 Å². The van der Waals surface area contributed by atoms with Crippen LogP contribution >= 0.6 is 12.2 Å². The molecule has 0 rings (SSSR count). The molecule has 0 aliphatic carbocycles. The second-order valence-electron chi connectivity index (χ2n) is 1.53. The van der Waals surface area contributed by atoms with Crippen molar-refractivity contribution in [3.8, 4) is 0 Å². The predicted molar refractivity (Wildman–Crippen MR) is 36.5 cm³/mol. The van der Waals surface area contributed by atoms with Gasteiger partial charge < -0.3 is 10.8 Å². The first kappa shape index (κ1) is 12.0. The van der Waals surface area contributed by atoms with E-state index >= 15 is 0 Å². The van der Waals surface area contributed by atoms with Crippen LogP contribution in [0.15, 0.2) is 0 Å². The predicted octanol–water partition coefficient (Wildman–Crippen LogP) is 0.342. The molecule has 0 aromatic carbocycles. The maximum absolute atomic E-state index is 9.04. The van der Waals surface area contributed by atoms with E-state index in [1.165, 1.54) is 36.2 Å². The maximum Gasteiger partial charge on any atom is 0.0209 e. The summed E-state index contributed by atoms with van der Waals surface area (Å²) >= 11 is 5.24. The summed E-state index contributed by atoms with van der Waals surface area (Å²) < 4.78 is 0. The number of thiocarbonyl (C=S) groups is 1. The van der Waals surface area contributed by atoms with Crippen molar-refractivity contribution in [2.24, 2.45) is 5.73 Å². The Bertz CT molecular complexity index is 64.0. The molecule has 0 aromatic heterocycles. The molecule has 50 valence electrons. The molecule has 2 N–H and O–H groups in total. The monoisotopic (exact) mass is 197 g/mol. The molecule has 4 heteroatoms. The van der Waals surface area contributed by atoms with E-state index in [-0.39, 0.29) is 0 Å². The Morgan fingerprint density at radius 3 is 2.11 bits per heavy atom. The van der Waals surface area contributed by atoms with Crippen LogP contribution in [0.1, 0.15) is 19.8 Å². The van der Waals surface area contributed by atoms with Gasteiger partial charge in [0.1, 0.15) is 0 Å². The summed E-state index contributed by atoms with van der Waals surface area (Å²) in [5.41, 5.74) is 4.29. The van der Waals surface area contributed by atoms with Crippen molar-refractivity contribution in [2.45, 2.75) is 24.8 Å². The van der Waals surface area contributed by atoms with Gasteiger partial charge in [-0.05, 0) is 0 Å². The fourth-order valence-corrected chi connectivity index (χ4v) is 1.30. The van der Waals surface area contributed by atoms with Gasteiger partial charge in [-0.25, -0.2) is 0 Å². The summed E-state index contributed by atoms with van der Waals surface area (Å²) in [6, 6.07) is 0. The van der Waals surface area contributed by atoms with Gasteiger partial charge in [-0.1, -0.05) is 12.2 Å². The average Bonchev–Trinajstić information content (AvgIpc) is 1.66. The van der Waals surface area contributed by atoms with Crippen molar-refractivity contribution in [2.75, 3.05) is 0 Å². The van der Waals surface area contributed by atoms with Crippen molar-refractivity contribution < 1.29 is 23.4 Å². The zero-order chi connectivity index (χ0) is 7.70. The molecule has 9 heavy (non-hydrogen) atoms. The van der Waals surface area contributed by atoms with E-state index in [0.717, 1.165) is 0 Å². The number of rotatable bonds is 2. The standard InChI is InChI=1S/C4H9.CH3NOS.Zn/c1-3-4-2;2-1(3)4;/h1,3-4H2,2H3;(H3,2,3,4);/q;;+1/p-1. The second-order valence-corrected chi connectivity index (χ2v) is 3.41. The molecule has 0 saturated carbocycles. The van der Waals surface area contributed by atoms with Gasteiger partial charge in [0.2, 0.25) is 0 Å². The quantitative estimate of drug-likeness (QED) is 0.514. The molecule has 0 fully saturated rings. The van der Waals surface area contributed by atoms with Crippen LogP contribution in [0.2, 0.25) is 5.02 Å². The summed E-state index contributed by atoms with van der Waals surface area (Å²) in [5, 5.41) is 9.76. The van der Waals surface area contributed by atoms with Gasteiger partial charge >= 0.3 is 43.1 Å². The molecule has 0 spiro atoms. The van der Waals surface area contributed by atoms with Crippen LogP contribution in [0.25, 0.3) is 0 Å². The third-order valence-corrected chi connectivity index (χ3v) is 1.65. The van der Waals surface area contributed by atoms with Crippen LogP contribution < -0.4 is 10.8 Å². The van der Waals surface area contributed by atoms with Gasteiger partial charge in [-0.3, -0.25) is 0 Å². The van der Waals surface area contributed by atoms with Gasteiger partial charge in [-0.15, -0.1) is 0 Å². The topological polar surface area (TPSA) is 49.1 Å². The Morgan fingerprint density at radius 1 is 1.78 bits per heavy atom. The maximum atomic E-state index is 9.04. The molecular formula is C5H11NOSZn. The Hall–Kier alpha value is 0.313. The summed E-state index contributed by atoms with van der Waals surface area (Å²) in [4.78, 5) is 0. The van der Waals surface area contributed by atoms with Gasteiger partial charge in [0.05, 0.1) is 0 Å². The third-order valence-electron chi connectivity index (χ3n) is 0.604. The molecule has 0 atom stereocenters. The van der Waals surface area contributed by atoms with Crippen LogP contribution in [-0.4, -0.2) is 5.17 Å². The van der Waals surface area contributed by atoms with E-state index in [2.05, 4.69) is 24.9 Å². The number of unbranched alkanes of at least 4 members (excludes halogenated alkanes) is 1. The van der Waals surface area contributed by atoms with Crippen molar-refractivity contribution >= 4 is 17.4 Å². The minimum Gasteiger partial charge on any atom is -0.852 e. The molecule has 0 amide bonds. The van der Waals surface area contributed by atoms with Crippen molar-refractivity contribution in [3.05, 3.63) is 0 Å². The molecule has 0 aliphatic rings. The zero-order valence-electron chi connectivity index (χ0n) is 5.72. The van der Waals surface area contributed by atoms with E-state index in [4.69, 9.17) is 5.11 Å². The third kappa shape index (κ3) is 61.9. The Labute approximate surface area is 71.5 Å². The van der Waals surface area contributed by atoms with E-state index in [9.17, 15) is 0 Å². The molecule has 0 aliphatic heterocycles. The van der Waals surface area contributed by atoms with Crippen LogP contribution in [0.5, 0.6) is 0 Å². The fourth-order valence-electron chi connectivity index (χ4n) is 0.250. The first-order valence-electron chi connectivity index (χ1n) is 2.90. The zero-order valence-corrected chi connectivity index (χ0v) is 9.51. The molecule has 0 saturated heterocycles. The summed E-state index contributed by atoms with van der Waals surface area (Å²) in [5.74, 6) is 0. The molecular weight excluding hydrogens is 188 g/mol. The minimum atomic E-state index is -0.750. The summed E-state index contributed by atoms with van der Waals surface area (Å²) in [6.45, 7) is 2.23. The molecule has 0 radical (unpaired) electrons. The van der Waals surface area contributed by atoms with Crippen molar-refractivity contribution in [3.63, 3.8) is 0 Å². The smallest absolute Gasteiger partial charge is 0.0209 e. The Balaban J connectivity index is 0. The van der Waals surface area contributed by atoms with Crippen molar-refractivity contribution in [1.82, 2.24) is 0 Å². The second kappa shape index (κ2) is 11.2. The van der Waals surface area contributed by atoms with Crippen molar-refractivity contribution in [1.29, 1.82) is 0 Å². The summed E-state index contributed by atoms with van der Waals surface area (Å²) in [7, 11) is 0. The van der Waals surface area contributed by atoms with E-state index < -0.39 is 5.17 Å². The number of hydrogen-bond donors (Lipinski definition) is 1. The van der Waals surface area contributed by atoms with E-state index in [1.54, 1.807) is 0 Å². The van der Waals surface area contributed by atoms with Crippen LogP contribution in [0.3, 0.4) is 0 Å². The number of hydrogen-bond acceptors (Lipinski definition) is 2. The van der Waals surface area contributed by atoms with Crippen LogP contribution in [0, 0.1) is 0 Å².